The van der Waals surface area contributed by atoms with Crippen molar-refractivity contribution >= 4 is 5.97 Å². The number of esters is 1. The summed E-state index contributed by atoms with van der Waals surface area (Å²) in [4.78, 5) is 12.2. The molecular formula is C14H24O3. The van der Waals surface area contributed by atoms with E-state index in [0.717, 1.165) is 25.7 Å². The van der Waals surface area contributed by atoms with E-state index in [4.69, 9.17) is 9.47 Å². The number of ether oxygens (including phenoxy) is 2. The maximum absolute atomic E-state index is 12.2. The van der Waals surface area contributed by atoms with Crippen molar-refractivity contribution in [3.63, 3.8) is 0 Å². The summed E-state index contributed by atoms with van der Waals surface area (Å²) >= 11 is 0. The molecule has 1 spiro atoms. The van der Waals surface area contributed by atoms with Crippen molar-refractivity contribution in [2.24, 2.45) is 5.92 Å². The van der Waals surface area contributed by atoms with Gasteiger partial charge in [0.2, 0.25) is 0 Å². The van der Waals surface area contributed by atoms with Gasteiger partial charge in [-0.25, -0.2) is 4.79 Å². The Hall–Kier alpha value is -0.570. The van der Waals surface area contributed by atoms with Gasteiger partial charge in [-0.05, 0) is 32.1 Å². The number of epoxide rings is 1. The maximum atomic E-state index is 12.2. The van der Waals surface area contributed by atoms with Crippen LogP contribution >= 0.6 is 0 Å². The lowest BCUT2D eigenvalue weighted by atomic mass is 9.80. The van der Waals surface area contributed by atoms with Crippen LogP contribution in [0.2, 0.25) is 0 Å². The molecule has 1 aliphatic heterocycles. The Bertz CT molecular complexity index is 302. The van der Waals surface area contributed by atoms with Crippen molar-refractivity contribution in [3.8, 4) is 0 Å². The molecule has 1 aliphatic carbocycles. The molecule has 1 saturated heterocycles. The molecule has 3 heteroatoms. The first-order chi connectivity index (χ1) is 8.16. The van der Waals surface area contributed by atoms with E-state index in [1.165, 1.54) is 12.8 Å². The van der Waals surface area contributed by atoms with Crippen LogP contribution in [0.25, 0.3) is 0 Å². The van der Waals surface area contributed by atoms with Crippen molar-refractivity contribution in [2.75, 3.05) is 6.61 Å². The zero-order valence-electron chi connectivity index (χ0n) is 11.3. The van der Waals surface area contributed by atoms with Gasteiger partial charge in [0, 0.05) is 0 Å². The molecule has 2 rings (SSSR count). The van der Waals surface area contributed by atoms with Crippen molar-refractivity contribution in [1.29, 1.82) is 0 Å². The third kappa shape index (κ3) is 1.70. The van der Waals surface area contributed by atoms with Crippen molar-refractivity contribution in [1.82, 2.24) is 0 Å². The summed E-state index contributed by atoms with van der Waals surface area (Å²) in [5, 5.41) is 0. The Morgan fingerprint density at radius 3 is 2.76 bits per heavy atom. The Morgan fingerprint density at radius 1 is 1.41 bits per heavy atom. The average Bonchev–Trinajstić information content (AvgIpc) is 2.77. The van der Waals surface area contributed by atoms with Gasteiger partial charge in [0.1, 0.15) is 5.60 Å². The van der Waals surface area contributed by atoms with E-state index in [2.05, 4.69) is 13.8 Å². The fraction of sp³-hybridized carbons (Fsp3) is 0.929. The van der Waals surface area contributed by atoms with Crippen LogP contribution in [0.1, 0.15) is 59.3 Å². The van der Waals surface area contributed by atoms with Crippen LogP contribution in [0.3, 0.4) is 0 Å². The molecule has 3 unspecified atom stereocenters. The second kappa shape index (κ2) is 4.60. The van der Waals surface area contributed by atoms with Crippen LogP contribution in [0.15, 0.2) is 0 Å². The molecule has 1 saturated carbocycles. The Kier molecular flexibility index (Phi) is 3.48. The number of hydrogen-bond acceptors (Lipinski definition) is 3. The molecule has 17 heavy (non-hydrogen) atoms. The first-order valence-corrected chi connectivity index (χ1v) is 7.04. The van der Waals surface area contributed by atoms with E-state index in [1.54, 1.807) is 0 Å². The minimum atomic E-state index is -0.602. The highest BCUT2D eigenvalue weighted by molar-refractivity contribution is 5.85. The Morgan fingerprint density at radius 2 is 2.18 bits per heavy atom. The third-order valence-electron chi connectivity index (χ3n) is 4.46. The molecule has 3 nitrogen and oxygen atoms in total. The Labute approximate surface area is 104 Å². The monoisotopic (exact) mass is 240 g/mol. The predicted octanol–water partition coefficient (Wildman–Crippen LogP) is 3.07. The predicted molar refractivity (Wildman–Crippen MR) is 65.7 cm³/mol. The molecule has 0 bridgehead atoms. The Balaban J connectivity index is 2.19. The van der Waals surface area contributed by atoms with Gasteiger partial charge in [0.15, 0.2) is 5.60 Å². The van der Waals surface area contributed by atoms with Crippen LogP contribution in [-0.2, 0) is 14.3 Å². The van der Waals surface area contributed by atoms with Crippen LogP contribution in [0.4, 0.5) is 0 Å². The zero-order chi connectivity index (χ0) is 12.5. The first kappa shape index (κ1) is 12.9. The zero-order valence-corrected chi connectivity index (χ0v) is 11.3. The quantitative estimate of drug-likeness (QED) is 0.547. The molecule has 0 aromatic heterocycles. The van der Waals surface area contributed by atoms with Crippen molar-refractivity contribution in [3.05, 3.63) is 0 Å². The normalized spacial score (nSPS) is 39.6. The summed E-state index contributed by atoms with van der Waals surface area (Å²) in [5.41, 5.74) is -0.779. The molecule has 0 aromatic carbocycles. The smallest absolute Gasteiger partial charge is 0.341 e. The molecule has 0 radical (unpaired) electrons. The molecule has 98 valence electrons. The molecule has 2 aliphatic rings. The largest absolute Gasteiger partial charge is 0.464 e. The fourth-order valence-electron chi connectivity index (χ4n) is 3.71. The van der Waals surface area contributed by atoms with Gasteiger partial charge in [-0.3, -0.25) is 0 Å². The lowest BCUT2D eigenvalue weighted by molar-refractivity contribution is -0.150. The summed E-state index contributed by atoms with van der Waals surface area (Å²) in [6.45, 7) is 6.60. The molecule has 0 N–H and O–H groups in total. The van der Waals surface area contributed by atoms with Gasteiger partial charge in [0.05, 0.1) is 6.61 Å². The van der Waals surface area contributed by atoms with E-state index in [0.29, 0.717) is 12.5 Å². The summed E-state index contributed by atoms with van der Waals surface area (Å²) in [7, 11) is 0. The second-order valence-electron chi connectivity index (χ2n) is 5.29. The van der Waals surface area contributed by atoms with Gasteiger partial charge in [-0.2, -0.15) is 0 Å². The standard InChI is InChI=1S/C14H24O3/c1-4-9-14(12(15)16-6-3)13(17-14)10-7-8-11(13)5-2/h11H,4-10H2,1-3H3. The molecule has 2 fully saturated rings. The van der Waals surface area contributed by atoms with E-state index >= 15 is 0 Å². The minimum Gasteiger partial charge on any atom is -0.464 e. The molecule has 0 aromatic rings. The third-order valence-corrected chi connectivity index (χ3v) is 4.46. The lowest BCUT2D eigenvalue weighted by Crippen LogP contribution is -2.38. The van der Waals surface area contributed by atoms with Gasteiger partial charge in [-0.1, -0.05) is 33.1 Å². The van der Waals surface area contributed by atoms with Gasteiger partial charge in [0.25, 0.3) is 0 Å². The van der Waals surface area contributed by atoms with Gasteiger partial charge in [-0.15, -0.1) is 0 Å². The van der Waals surface area contributed by atoms with Gasteiger partial charge < -0.3 is 9.47 Å². The number of carbonyl (C=O) groups is 1. The van der Waals surface area contributed by atoms with Crippen LogP contribution < -0.4 is 0 Å². The van der Waals surface area contributed by atoms with E-state index in [-0.39, 0.29) is 11.6 Å². The first-order valence-electron chi connectivity index (χ1n) is 7.04. The summed E-state index contributed by atoms with van der Waals surface area (Å²) < 4.78 is 11.3. The number of rotatable bonds is 5. The highest BCUT2D eigenvalue weighted by atomic mass is 16.7. The number of carbonyl (C=O) groups excluding carboxylic acids is 1. The molecular weight excluding hydrogens is 216 g/mol. The summed E-state index contributed by atoms with van der Waals surface area (Å²) in [5.74, 6) is 0.417. The van der Waals surface area contributed by atoms with Crippen molar-refractivity contribution in [2.45, 2.75) is 70.5 Å². The van der Waals surface area contributed by atoms with Crippen LogP contribution in [0.5, 0.6) is 0 Å². The molecule has 0 amide bonds. The van der Waals surface area contributed by atoms with E-state index < -0.39 is 5.60 Å². The maximum Gasteiger partial charge on any atom is 0.341 e. The SMILES string of the molecule is CCCC1(C(=O)OCC)OC12CCCC2CC. The lowest BCUT2D eigenvalue weighted by Gasteiger charge is -2.19. The molecule has 3 atom stereocenters. The van der Waals surface area contributed by atoms with Crippen LogP contribution in [-0.4, -0.2) is 23.8 Å². The fourth-order valence-corrected chi connectivity index (χ4v) is 3.71. The molecule has 1 heterocycles. The topological polar surface area (TPSA) is 38.8 Å². The summed E-state index contributed by atoms with van der Waals surface area (Å²) in [6.07, 6.45) is 6.29. The number of hydrogen-bond donors (Lipinski definition) is 0. The van der Waals surface area contributed by atoms with E-state index in [1.807, 2.05) is 6.92 Å². The van der Waals surface area contributed by atoms with Crippen LogP contribution in [0, 0.1) is 5.92 Å². The summed E-state index contributed by atoms with van der Waals surface area (Å²) in [6, 6.07) is 0. The second-order valence-corrected chi connectivity index (χ2v) is 5.29. The van der Waals surface area contributed by atoms with Gasteiger partial charge >= 0.3 is 5.97 Å². The van der Waals surface area contributed by atoms with E-state index in [9.17, 15) is 4.79 Å². The van der Waals surface area contributed by atoms with Crippen molar-refractivity contribution < 1.29 is 14.3 Å². The minimum absolute atomic E-state index is 0.123. The highest BCUT2D eigenvalue weighted by Gasteiger charge is 2.77. The highest BCUT2D eigenvalue weighted by Crippen LogP contribution is 2.63. The average molecular weight is 240 g/mol.